The van der Waals surface area contributed by atoms with Crippen LogP contribution in [0, 0.1) is 0 Å². The molecule has 0 spiro atoms. The lowest BCUT2D eigenvalue weighted by molar-refractivity contribution is -0.395. The van der Waals surface area contributed by atoms with Crippen molar-refractivity contribution in [3.05, 3.63) is 0 Å². The molecule has 0 aromatic carbocycles. The SMILES string of the molecule is CC(F)(F)OC(F)(F)COCC(F)(F)OC(F)(F)C(=O)O. The first-order valence-electron chi connectivity index (χ1n) is 4.79. The topological polar surface area (TPSA) is 65.0 Å². The van der Waals surface area contributed by atoms with Gasteiger partial charge < -0.3 is 9.84 Å². The predicted molar refractivity (Wildman–Crippen MR) is 46.1 cm³/mol. The standard InChI is InChI=1S/C8H8F8O5/c1-5(9,10)20-6(11,12)2-19-3-7(13,14)21-8(15,16)4(17)18/h2-3H2,1H3,(H,17,18). The molecule has 0 aromatic rings. The van der Waals surface area contributed by atoms with E-state index in [1.54, 1.807) is 0 Å². The zero-order valence-electron chi connectivity index (χ0n) is 10.0. The molecule has 0 aliphatic carbocycles. The van der Waals surface area contributed by atoms with Crippen LogP contribution in [-0.4, -0.2) is 48.7 Å². The third-order valence-electron chi connectivity index (χ3n) is 1.40. The summed E-state index contributed by atoms with van der Waals surface area (Å²) in [5.41, 5.74) is 0. The van der Waals surface area contributed by atoms with Crippen LogP contribution in [0.3, 0.4) is 0 Å². The van der Waals surface area contributed by atoms with Crippen molar-refractivity contribution in [3.63, 3.8) is 0 Å². The maximum Gasteiger partial charge on any atom is 0.460 e. The molecule has 5 nitrogen and oxygen atoms in total. The normalized spacial score (nSPS) is 14.3. The highest BCUT2D eigenvalue weighted by atomic mass is 19.3. The molecular weight excluding hydrogens is 328 g/mol. The first kappa shape index (κ1) is 19.8. The van der Waals surface area contributed by atoms with Crippen molar-refractivity contribution in [1.29, 1.82) is 0 Å². The number of ether oxygens (including phenoxy) is 3. The molecule has 1 N–H and O–H groups in total. The Kier molecular flexibility index (Phi) is 5.91. The summed E-state index contributed by atoms with van der Waals surface area (Å²) in [4.78, 5) is 9.82. The van der Waals surface area contributed by atoms with Crippen molar-refractivity contribution in [2.75, 3.05) is 13.2 Å². The van der Waals surface area contributed by atoms with Gasteiger partial charge in [-0.1, -0.05) is 0 Å². The maximum atomic E-state index is 12.7. The molecule has 0 bridgehead atoms. The predicted octanol–water partition coefficient (Wildman–Crippen LogP) is 2.51. The summed E-state index contributed by atoms with van der Waals surface area (Å²) in [6.45, 7) is -4.44. The van der Waals surface area contributed by atoms with Gasteiger partial charge >= 0.3 is 30.4 Å². The van der Waals surface area contributed by atoms with Crippen LogP contribution in [0.5, 0.6) is 0 Å². The second kappa shape index (κ2) is 6.27. The molecule has 0 heterocycles. The van der Waals surface area contributed by atoms with Crippen molar-refractivity contribution in [2.24, 2.45) is 0 Å². The Balaban J connectivity index is 4.42. The average molecular weight is 336 g/mol. The van der Waals surface area contributed by atoms with Gasteiger partial charge in [0, 0.05) is 6.92 Å². The Morgan fingerprint density at radius 3 is 1.62 bits per heavy atom. The van der Waals surface area contributed by atoms with Gasteiger partial charge in [-0.25, -0.2) is 9.53 Å². The zero-order chi connectivity index (χ0) is 17.1. The quantitative estimate of drug-likeness (QED) is 0.656. The average Bonchev–Trinajstić information content (AvgIpc) is 2.09. The summed E-state index contributed by atoms with van der Waals surface area (Å²) >= 11 is 0. The molecule has 0 atom stereocenters. The number of carboxylic acids is 1. The minimum Gasteiger partial charge on any atom is -0.475 e. The summed E-state index contributed by atoms with van der Waals surface area (Å²) < 4.78 is 108. The number of carboxylic acid groups (broad SMARTS) is 1. The van der Waals surface area contributed by atoms with E-state index in [9.17, 15) is 39.9 Å². The lowest BCUT2D eigenvalue weighted by Crippen LogP contribution is -2.43. The highest BCUT2D eigenvalue weighted by Gasteiger charge is 2.51. The fourth-order valence-electron chi connectivity index (χ4n) is 0.841. The molecule has 0 unspecified atom stereocenters. The Morgan fingerprint density at radius 2 is 1.29 bits per heavy atom. The fourth-order valence-corrected chi connectivity index (χ4v) is 0.841. The number of aliphatic carboxylic acids is 1. The van der Waals surface area contributed by atoms with Crippen LogP contribution in [0.4, 0.5) is 35.1 Å². The fraction of sp³-hybridized carbons (Fsp3) is 0.875. The molecule has 0 aromatic heterocycles. The van der Waals surface area contributed by atoms with Crippen molar-refractivity contribution >= 4 is 5.97 Å². The highest BCUT2D eigenvalue weighted by Crippen LogP contribution is 2.29. The lowest BCUT2D eigenvalue weighted by atomic mass is 10.5. The van der Waals surface area contributed by atoms with E-state index in [0.717, 1.165) is 0 Å². The van der Waals surface area contributed by atoms with E-state index in [2.05, 4.69) is 14.2 Å². The first-order chi connectivity index (χ1) is 9.06. The highest BCUT2D eigenvalue weighted by molar-refractivity contribution is 5.73. The van der Waals surface area contributed by atoms with Gasteiger partial charge in [-0.05, 0) is 0 Å². The van der Waals surface area contributed by atoms with E-state index >= 15 is 0 Å². The van der Waals surface area contributed by atoms with Gasteiger partial charge in [0.25, 0.3) is 0 Å². The molecule has 0 saturated heterocycles. The third kappa shape index (κ3) is 8.62. The Labute approximate surface area is 111 Å². The number of carbonyl (C=O) groups is 1. The minimum absolute atomic E-state index is 0.0635. The largest absolute Gasteiger partial charge is 0.475 e. The summed E-state index contributed by atoms with van der Waals surface area (Å²) in [7, 11) is 0. The van der Waals surface area contributed by atoms with E-state index < -0.39 is 43.6 Å². The molecule has 0 aliphatic heterocycles. The van der Waals surface area contributed by atoms with Crippen LogP contribution in [0.15, 0.2) is 0 Å². The van der Waals surface area contributed by atoms with Crippen LogP contribution in [0.1, 0.15) is 6.92 Å². The van der Waals surface area contributed by atoms with Gasteiger partial charge in [0.15, 0.2) is 0 Å². The lowest BCUT2D eigenvalue weighted by Gasteiger charge is -2.23. The van der Waals surface area contributed by atoms with Crippen LogP contribution < -0.4 is 0 Å². The van der Waals surface area contributed by atoms with Crippen molar-refractivity contribution in [2.45, 2.75) is 31.4 Å². The van der Waals surface area contributed by atoms with E-state index in [4.69, 9.17) is 5.11 Å². The Bertz CT molecular complexity index is 366. The second-order valence-electron chi connectivity index (χ2n) is 3.60. The number of halogens is 8. The van der Waals surface area contributed by atoms with Gasteiger partial charge in [0.1, 0.15) is 13.2 Å². The van der Waals surface area contributed by atoms with Crippen molar-refractivity contribution in [1.82, 2.24) is 0 Å². The Morgan fingerprint density at radius 1 is 0.905 bits per heavy atom. The van der Waals surface area contributed by atoms with Gasteiger partial charge in [0.05, 0.1) is 0 Å². The van der Waals surface area contributed by atoms with Crippen molar-refractivity contribution in [3.8, 4) is 0 Å². The molecular formula is C8H8F8O5. The maximum absolute atomic E-state index is 12.7. The first-order valence-corrected chi connectivity index (χ1v) is 4.79. The molecule has 0 amide bonds. The van der Waals surface area contributed by atoms with Crippen LogP contribution in [0.25, 0.3) is 0 Å². The second-order valence-corrected chi connectivity index (χ2v) is 3.60. The van der Waals surface area contributed by atoms with Gasteiger partial charge in [-0.15, -0.1) is 0 Å². The number of rotatable bonds is 9. The molecule has 126 valence electrons. The Hall–Kier alpha value is -1.21. The van der Waals surface area contributed by atoms with Gasteiger partial charge in [-0.3, -0.25) is 4.74 Å². The van der Waals surface area contributed by atoms with Gasteiger partial charge in [-0.2, -0.15) is 35.1 Å². The van der Waals surface area contributed by atoms with Crippen LogP contribution in [0.2, 0.25) is 0 Å². The molecule has 13 heteroatoms. The molecule has 0 aliphatic rings. The molecule has 0 rings (SSSR count). The molecule has 0 saturated carbocycles. The summed E-state index contributed by atoms with van der Waals surface area (Å²) in [5, 5.41) is 7.81. The summed E-state index contributed by atoms with van der Waals surface area (Å²) in [6.07, 6.45) is -19.3. The number of hydrogen-bond acceptors (Lipinski definition) is 4. The monoisotopic (exact) mass is 336 g/mol. The molecule has 0 radical (unpaired) electrons. The zero-order valence-corrected chi connectivity index (χ0v) is 10.0. The van der Waals surface area contributed by atoms with Crippen LogP contribution >= 0.6 is 0 Å². The summed E-state index contributed by atoms with van der Waals surface area (Å²) in [5.74, 6) is -3.05. The summed E-state index contributed by atoms with van der Waals surface area (Å²) in [6, 6.07) is 0. The number of alkyl halides is 8. The van der Waals surface area contributed by atoms with E-state index in [1.807, 2.05) is 0 Å². The van der Waals surface area contributed by atoms with Crippen molar-refractivity contribution < 1.29 is 59.2 Å². The van der Waals surface area contributed by atoms with E-state index in [-0.39, 0.29) is 6.92 Å². The minimum atomic E-state index is -5.30. The van der Waals surface area contributed by atoms with Gasteiger partial charge in [0.2, 0.25) is 0 Å². The van der Waals surface area contributed by atoms with E-state index in [0.29, 0.717) is 0 Å². The molecule has 21 heavy (non-hydrogen) atoms. The third-order valence-corrected chi connectivity index (χ3v) is 1.40. The van der Waals surface area contributed by atoms with E-state index in [1.165, 1.54) is 0 Å². The smallest absolute Gasteiger partial charge is 0.460 e. The van der Waals surface area contributed by atoms with Crippen LogP contribution in [-0.2, 0) is 19.0 Å². The number of hydrogen-bond donors (Lipinski definition) is 1. The molecule has 0 fully saturated rings.